The highest BCUT2D eigenvalue weighted by Crippen LogP contribution is 2.32. The largest absolute Gasteiger partial charge is 0.490 e. The Labute approximate surface area is 184 Å². The van der Waals surface area contributed by atoms with E-state index in [0.717, 1.165) is 36.4 Å². The lowest BCUT2D eigenvalue weighted by Crippen LogP contribution is -2.22. The molecule has 0 fully saturated rings. The molecule has 0 aromatic heterocycles. The van der Waals surface area contributed by atoms with E-state index in [2.05, 4.69) is 39.5 Å². The van der Waals surface area contributed by atoms with Crippen LogP contribution < -0.4 is 25.4 Å². The predicted molar refractivity (Wildman–Crippen MR) is 127 cm³/mol. The van der Waals surface area contributed by atoms with E-state index >= 15 is 0 Å². The van der Waals surface area contributed by atoms with Crippen molar-refractivity contribution >= 4 is 41.3 Å². The molecule has 2 aromatic carbocycles. The highest BCUT2D eigenvalue weighted by molar-refractivity contribution is 14.0. The summed E-state index contributed by atoms with van der Waals surface area (Å²) in [5.41, 5.74) is 9.37. The van der Waals surface area contributed by atoms with Gasteiger partial charge in [-0.1, -0.05) is 12.1 Å². The number of rotatable bonds is 6. The van der Waals surface area contributed by atoms with E-state index in [1.807, 2.05) is 32.3 Å². The molecule has 0 atom stereocenters. The molecule has 0 unspecified atom stereocenters. The molecule has 0 aliphatic carbocycles. The minimum atomic E-state index is 0. The lowest BCUT2D eigenvalue weighted by atomic mass is 10.1. The van der Waals surface area contributed by atoms with Crippen LogP contribution in [0.3, 0.4) is 0 Å². The van der Waals surface area contributed by atoms with Crippen molar-refractivity contribution in [3.63, 3.8) is 0 Å². The van der Waals surface area contributed by atoms with Crippen molar-refractivity contribution in [3.8, 4) is 11.5 Å². The molecular weight excluding hydrogens is 467 g/mol. The maximum atomic E-state index is 6.01. The zero-order chi connectivity index (χ0) is 19.1. The number of fused-ring (bicyclic) bond motifs is 1. The number of nitrogens with zero attached hydrogens (tertiary/aromatic N) is 2. The number of halogens is 1. The monoisotopic (exact) mass is 496 g/mol. The molecule has 152 valence electrons. The van der Waals surface area contributed by atoms with E-state index < -0.39 is 0 Å². The van der Waals surface area contributed by atoms with Gasteiger partial charge in [-0.3, -0.25) is 4.99 Å². The fraction of sp³-hybridized carbons (Fsp3) is 0.381. The SMILES string of the molecule is CN(C)c1ccc(CCCN=C(N)Nc2ccc3c(c2)OCCCO3)cc1.I. The average molecular weight is 496 g/mol. The molecule has 0 saturated carbocycles. The Kier molecular flexibility index (Phi) is 8.69. The van der Waals surface area contributed by atoms with Crippen LogP contribution >= 0.6 is 24.0 Å². The molecule has 0 amide bonds. The van der Waals surface area contributed by atoms with Crippen LogP contribution in [0.25, 0.3) is 0 Å². The van der Waals surface area contributed by atoms with Crippen molar-refractivity contribution in [3.05, 3.63) is 48.0 Å². The summed E-state index contributed by atoms with van der Waals surface area (Å²) in [6.45, 7) is 2.02. The molecule has 1 aliphatic rings. The minimum Gasteiger partial charge on any atom is -0.490 e. The van der Waals surface area contributed by atoms with Gasteiger partial charge in [0.1, 0.15) is 0 Å². The van der Waals surface area contributed by atoms with Crippen molar-refractivity contribution in [2.75, 3.05) is 44.1 Å². The standard InChI is InChI=1S/C21H28N4O2.HI/c1-25(2)18-9-6-16(7-10-18)5-3-12-23-21(22)24-17-8-11-19-20(15-17)27-14-4-13-26-19;/h6-11,15H,3-5,12-14H2,1-2H3,(H3,22,23,24);1H. The summed E-state index contributed by atoms with van der Waals surface area (Å²) in [6.07, 6.45) is 2.82. The van der Waals surface area contributed by atoms with Gasteiger partial charge in [-0.05, 0) is 42.7 Å². The second kappa shape index (κ2) is 11.0. The number of ether oxygens (including phenoxy) is 2. The average Bonchev–Trinajstić information content (AvgIpc) is 2.90. The van der Waals surface area contributed by atoms with Gasteiger partial charge < -0.3 is 25.4 Å². The number of anilines is 2. The molecular formula is C21H29IN4O2. The van der Waals surface area contributed by atoms with E-state index in [1.54, 1.807) is 0 Å². The van der Waals surface area contributed by atoms with Gasteiger partial charge in [0.2, 0.25) is 0 Å². The minimum absolute atomic E-state index is 0. The van der Waals surface area contributed by atoms with Crippen LogP contribution in [-0.4, -0.2) is 39.8 Å². The number of aliphatic imine (C=N–C) groups is 1. The second-order valence-corrected chi connectivity index (χ2v) is 6.77. The summed E-state index contributed by atoms with van der Waals surface area (Å²) in [4.78, 5) is 6.51. The Balaban J connectivity index is 0.00000280. The van der Waals surface area contributed by atoms with Gasteiger partial charge in [0, 0.05) is 44.5 Å². The van der Waals surface area contributed by atoms with Gasteiger partial charge in [-0.15, -0.1) is 24.0 Å². The number of guanidine groups is 1. The van der Waals surface area contributed by atoms with E-state index in [9.17, 15) is 0 Å². The molecule has 3 rings (SSSR count). The van der Waals surface area contributed by atoms with Gasteiger partial charge in [0.05, 0.1) is 13.2 Å². The fourth-order valence-corrected chi connectivity index (χ4v) is 2.87. The van der Waals surface area contributed by atoms with Crippen molar-refractivity contribution in [1.29, 1.82) is 0 Å². The van der Waals surface area contributed by atoms with Gasteiger partial charge in [0.25, 0.3) is 0 Å². The molecule has 1 heterocycles. The highest BCUT2D eigenvalue weighted by Gasteiger charge is 2.10. The fourth-order valence-electron chi connectivity index (χ4n) is 2.87. The maximum absolute atomic E-state index is 6.01. The molecule has 28 heavy (non-hydrogen) atoms. The highest BCUT2D eigenvalue weighted by atomic mass is 127. The molecule has 2 aromatic rings. The van der Waals surface area contributed by atoms with Crippen molar-refractivity contribution in [1.82, 2.24) is 0 Å². The zero-order valence-corrected chi connectivity index (χ0v) is 18.8. The number of hydrogen-bond acceptors (Lipinski definition) is 4. The number of benzene rings is 2. The van der Waals surface area contributed by atoms with E-state index in [1.165, 1.54) is 11.3 Å². The van der Waals surface area contributed by atoms with Crippen molar-refractivity contribution in [2.24, 2.45) is 10.7 Å². The summed E-state index contributed by atoms with van der Waals surface area (Å²) in [7, 11) is 4.09. The predicted octanol–water partition coefficient (Wildman–Crippen LogP) is 3.89. The molecule has 0 radical (unpaired) electrons. The van der Waals surface area contributed by atoms with Crippen LogP contribution in [0.5, 0.6) is 11.5 Å². The quantitative estimate of drug-likeness (QED) is 0.275. The number of nitrogens with two attached hydrogens (primary N) is 1. The molecule has 0 bridgehead atoms. The first kappa shape index (κ1) is 22.1. The Morgan fingerprint density at radius 3 is 2.50 bits per heavy atom. The zero-order valence-electron chi connectivity index (χ0n) is 16.5. The summed E-state index contributed by atoms with van der Waals surface area (Å²) >= 11 is 0. The van der Waals surface area contributed by atoms with E-state index in [-0.39, 0.29) is 24.0 Å². The third-order valence-corrected chi connectivity index (χ3v) is 4.38. The summed E-state index contributed by atoms with van der Waals surface area (Å²) in [6, 6.07) is 14.3. The first-order valence-corrected chi connectivity index (χ1v) is 9.35. The van der Waals surface area contributed by atoms with Gasteiger partial charge in [-0.2, -0.15) is 0 Å². The maximum Gasteiger partial charge on any atom is 0.193 e. The Bertz CT molecular complexity index is 778. The second-order valence-electron chi connectivity index (χ2n) is 6.77. The van der Waals surface area contributed by atoms with Crippen LogP contribution in [0.15, 0.2) is 47.5 Å². The van der Waals surface area contributed by atoms with Gasteiger partial charge in [-0.25, -0.2) is 0 Å². The number of aryl methyl sites for hydroxylation is 1. The Morgan fingerprint density at radius 2 is 1.79 bits per heavy atom. The van der Waals surface area contributed by atoms with Gasteiger partial charge >= 0.3 is 0 Å². The molecule has 0 saturated heterocycles. The molecule has 6 nitrogen and oxygen atoms in total. The summed E-state index contributed by atoms with van der Waals surface area (Å²) in [5, 5.41) is 3.12. The smallest absolute Gasteiger partial charge is 0.193 e. The third-order valence-electron chi connectivity index (χ3n) is 4.38. The summed E-state index contributed by atoms with van der Waals surface area (Å²) < 4.78 is 11.3. The number of hydrogen-bond donors (Lipinski definition) is 2. The molecule has 3 N–H and O–H groups in total. The Morgan fingerprint density at radius 1 is 1.07 bits per heavy atom. The van der Waals surface area contributed by atoms with Gasteiger partial charge in [0.15, 0.2) is 17.5 Å². The summed E-state index contributed by atoms with van der Waals surface area (Å²) in [5.74, 6) is 1.92. The first-order valence-electron chi connectivity index (χ1n) is 9.35. The van der Waals surface area contributed by atoms with Crippen LogP contribution in [0, 0.1) is 0 Å². The van der Waals surface area contributed by atoms with Crippen LogP contribution in [-0.2, 0) is 6.42 Å². The lowest BCUT2D eigenvalue weighted by Gasteiger charge is -2.12. The van der Waals surface area contributed by atoms with E-state index in [4.69, 9.17) is 15.2 Å². The number of nitrogens with one attached hydrogen (secondary N) is 1. The molecule has 0 spiro atoms. The first-order chi connectivity index (χ1) is 13.1. The van der Waals surface area contributed by atoms with E-state index in [0.29, 0.717) is 25.7 Å². The molecule has 1 aliphatic heterocycles. The topological polar surface area (TPSA) is 72.1 Å². The third kappa shape index (κ3) is 6.47. The van der Waals surface area contributed by atoms with Crippen molar-refractivity contribution in [2.45, 2.75) is 19.3 Å². The Hall–Kier alpha value is -2.16. The van der Waals surface area contributed by atoms with Crippen LogP contribution in [0.2, 0.25) is 0 Å². The molecule has 7 heteroatoms. The van der Waals surface area contributed by atoms with Crippen molar-refractivity contribution < 1.29 is 9.47 Å². The van der Waals surface area contributed by atoms with Crippen LogP contribution in [0.1, 0.15) is 18.4 Å². The lowest BCUT2D eigenvalue weighted by molar-refractivity contribution is 0.297. The normalized spacial score (nSPS) is 13.3. The van der Waals surface area contributed by atoms with Crippen LogP contribution in [0.4, 0.5) is 11.4 Å².